The first kappa shape index (κ1) is 24.0. The molecule has 0 spiro atoms. The van der Waals surface area contributed by atoms with Gasteiger partial charge in [0, 0.05) is 19.5 Å². The standard InChI is InChI=1S/C22H29FN2O4S/c1-13-14(2)16(4)22(17(5)15(13)3)30(28,29)25-11-10-21(27)24-12-20(26)18-6-8-19(23)9-7-18/h6-9,20,25-26H,10-12H2,1-5H3,(H,24,27). The van der Waals surface area contributed by atoms with Crippen LogP contribution < -0.4 is 10.0 Å². The summed E-state index contributed by atoms with van der Waals surface area (Å²) in [6.45, 7) is 9.22. The molecule has 0 aliphatic carbocycles. The summed E-state index contributed by atoms with van der Waals surface area (Å²) in [6.07, 6.45) is -1.05. The number of carbonyl (C=O) groups excluding carboxylic acids is 1. The van der Waals surface area contributed by atoms with E-state index in [-0.39, 0.29) is 24.4 Å². The normalized spacial score (nSPS) is 12.6. The third kappa shape index (κ3) is 5.44. The van der Waals surface area contributed by atoms with Crippen LogP contribution in [0.2, 0.25) is 0 Å². The molecule has 30 heavy (non-hydrogen) atoms. The lowest BCUT2D eigenvalue weighted by Crippen LogP contribution is -2.33. The highest BCUT2D eigenvalue weighted by Gasteiger charge is 2.23. The Labute approximate surface area is 177 Å². The van der Waals surface area contributed by atoms with Gasteiger partial charge in [-0.05, 0) is 80.1 Å². The van der Waals surface area contributed by atoms with Crippen molar-refractivity contribution in [2.24, 2.45) is 0 Å². The maximum Gasteiger partial charge on any atom is 0.241 e. The minimum atomic E-state index is -3.77. The fourth-order valence-corrected chi connectivity index (χ4v) is 4.97. The Morgan fingerprint density at radius 3 is 2.00 bits per heavy atom. The minimum absolute atomic E-state index is 0.0498. The summed E-state index contributed by atoms with van der Waals surface area (Å²) >= 11 is 0. The van der Waals surface area contributed by atoms with Gasteiger partial charge in [0.1, 0.15) is 5.82 Å². The van der Waals surface area contributed by atoms with Crippen molar-refractivity contribution >= 4 is 15.9 Å². The number of nitrogens with one attached hydrogen (secondary N) is 2. The molecule has 0 bridgehead atoms. The van der Waals surface area contributed by atoms with E-state index >= 15 is 0 Å². The number of hydrogen-bond donors (Lipinski definition) is 3. The van der Waals surface area contributed by atoms with E-state index in [1.807, 2.05) is 20.8 Å². The van der Waals surface area contributed by atoms with Crippen molar-refractivity contribution in [1.29, 1.82) is 0 Å². The summed E-state index contributed by atoms with van der Waals surface area (Å²) < 4.78 is 41.1. The van der Waals surface area contributed by atoms with Crippen molar-refractivity contribution < 1.29 is 22.7 Å². The zero-order chi connectivity index (χ0) is 22.6. The monoisotopic (exact) mass is 436 g/mol. The second kappa shape index (κ2) is 9.68. The molecule has 6 nitrogen and oxygen atoms in total. The number of aliphatic hydroxyl groups excluding tert-OH is 1. The molecular formula is C22H29FN2O4S. The van der Waals surface area contributed by atoms with Gasteiger partial charge in [0.25, 0.3) is 0 Å². The third-order valence-electron chi connectivity index (χ3n) is 5.59. The molecule has 0 fully saturated rings. The van der Waals surface area contributed by atoms with Crippen LogP contribution in [0.1, 0.15) is 45.9 Å². The molecule has 2 aromatic carbocycles. The van der Waals surface area contributed by atoms with Gasteiger partial charge in [-0.2, -0.15) is 0 Å². The Kier molecular flexibility index (Phi) is 7.74. The minimum Gasteiger partial charge on any atom is -0.387 e. The SMILES string of the molecule is Cc1c(C)c(C)c(S(=O)(=O)NCCC(=O)NCC(O)c2ccc(F)cc2)c(C)c1C. The van der Waals surface area contributed by atoms with Gasteiger partial charge in [-0.1, -0.05) is 12.1 Å². The summed E-state index contributed by atoms with van der Waals surface area (Å²) in [5.74, 6) is -0.810. The van der Waals surface area contributed by atoms with E-state index in [9.17, 15) is 22.7 Å². The second-order valence-corrected chi connectivity index (χ2v) is 9.18. The number of benzene rings is 2. The van der Waals surface area contributed by atoms with Gasteiger partial charge in [0.2, 0.25) is 15.9 Å². The Morgan fingerprint density at radius 2 is 1.47 bits per heavy atom. The van der Waals surface area contributed by atoms with Crippen LogP contribution in [0.3, 0.4) is 0 Å². The van der Waals surface area contributed by atoms with Gasteiger partial charge in [-0.3, -0.25) is 4.79 Å². The fourth-order valence-electron chi connectivity index (χ4n) is 3.34. The topological polar surface area (TPSA) is 95.5 Å². The van der Waals surface area contributed by atoms with Crippen LogP contribution in [0.15, 0.2) is 29.2 Å². The first-order valence-electron chi connectivity index (χ1n) is 9.72. The maximum absolute atomic E-state index is 12.9. The van der Waals surface area contributed by atoms with Crippen LogP contribution in [0, 0.1) is 40.4 Å². The third-order valence-corrected chi connectivity index (χ3v) is 7.33. The average Bonchev–Trinajstić information content (AvgIpc) is 2.69. The summed E-state index contributed by atoms with van der Waals surface area (Å²) in [7, 11) is -3.77. The number of sulfonamides is 1. The molecule has 1 atom stereocenters. The Bertz CT molecular complexity index is 1010. The first-order chi connectivity index (χ1) is 14.0. The number of amides is 1. The van der Waals surface area contributed by atoms with E-state index in [2.05, 4.69) is 10.0 Å². The highest BCUT2D eigenvalue weighted by Crippen LogP contribution is 2.29. The lowest BCUT2D eigenvalue weighted by Gasteiger charge is -2.19. The number of hydrogen-bond acceptors (Lipinski definition) is 4. The number of halogens is 1. The molecule has 8 heteroatoms. The van der Waals surface area contributed by atoms with Crippen LogP contribution in [0.5, 0.6) is 0 Å². The smallest absolute Gasteiger partial charge is 0.241 e. The summed E-state index contributed by atoms with van der Waals surface area (Å²) in [4.78, 5) is 12.3. The Morgan fingerprint density at radius 1 is 0.967 bits per heavy atom. The molecule has 0 heterocycles. The molecule has 0 saturated carbocycles. The molecule has 0 saturated heterocycles. The predicted molar refractivity (Wildman–Crippen MR) is 114 cm³/mol. The number of carbonyl (C=O) groups is 1. The van der Waals surface area contributed by atoms with Crippen molar-refractivity contribution in [3.8, 4) is 0 Å². The molecular weight excluding hydrogens is 407 g/mol. The molecule has 0 aromatic heterocycles. The van der Waals surface area contributed by atoms with Gasteiger partial charge in [-0.15, -0.1) is 0 Å². The summed E-state index contributed by atoms with van der Waals surface area (Å²) in [5.41, 5.74) is 4.83. The lowest BCUT2D eigenvalue weighted by atomic mass is 9.95. The van der Waals surface area contributed by atoms with Crippen LogP contribution in [-0.2, 0) is 14.8 Å². The van der Waals surface area contributed by atoms with Crippen molar-refractivity contribution in [2.75, 3.05) is 13.1 Å². The lowest BCUT2D eigenvalue weighted by molar-refractivity contribution is -0.121. The number of rotatable bonds is 8. The molecule has 3 N–H and O–H groups in total. The molecule has 2 rings (SSSR count). The van der Waals surface area contributed by atoms with Crippen LogP contribution in [0.25, 0.3) is 0 Å². The molecule has 0 radical (unpaired) electrons. The van der Waals surface area contributed by atoms with Crippen LogP contribution in [0.4, 0.5) is 4.39 Å². The zero-order valence-electron chi connectivity index (χ0n) is 18.0. The molecule has 0 aliphatic rings. The van der Waals surface area contributed by atoms with E-state index in [0.29, 0.717) is 16.7 Å². The van der Waals surface area contributed by atoms with E-state index in [0.717, 1.165) is 16.7 Å². The van der Waals surface area contributed by atoms with Crippen molar-refractivity contribution in [3.05, 3.63) is 63.5 Å². The van der Waals surface area contributed by atoms with Gasteiger partial charge < -0.3 is 10.4 Å². The highest BCUT2D eigenvalue weighted by atomic mass is 32.2. The number of aliphatic hydroxyl groups is 1. The first-order valence-corrected chi connectivity index (χ1v) is 11.2. The van der Waals surface area contributed by atoms with Gasteiger partial charge >= 0.3 is 0 Å². The molecule has 1 amide bonds. The fraction of sp³-hybridized carbons (Fsp3) is 0.409. The predicted octanol–water partition coefficient (Wildman–Crippen LogP) is 2.89. The van der Waals surface area contributed by atoms with Crippen LogP contribution >= 0.6 is 0 Å². The van der Waals surface area contributed by atoms with Gasteiger partial charge in [0.05, 0.1) is 11.0 Å². The molecule has 164 valence electrons. The molecule has 1 unspecified atom stereocenters. The van der Waals surface area contributed by atoms with Gasteiger partial charge in [0.15, 0.2) is 0 Å². The quantitative estimate of drug-likeness (QED) is 0.593. The van der Waals surface area contributed by atoms with Gasteiger partial charge in [-0.25, -0.2) is 17.5 Å². The van der Waals surface area contributed by atoms with E-state index in [1.54, 1.807) is 13.8 Å². The Balaban J connectivity index is 1.94. The molecule has 0 aliphatic heterocycles. The van der Waals surface area contributed by atoms with Crippen molar-refractivity contribution in [3.63, 3.8) is 0 Å². The Hall–Kier alpha value is -2.29. The summed E-state index contributed by atoms with van der Waals surface area (Å²) in [6, 6.07) is 5.34. The molecule has 2 aromatic rings. The largest absolute Gasteiger partial charge is 0.387 e. The van der Waals surface area contributed by atoms with Crippen molar-refractivity contribution in [1.82, 2.24) is 10.0 Å². The average molecular weight is 437 g/mol. The van der Waals surface area contributed by atoms with Crippen molar-refractivity contribution in [2.45, 2.75) is 52.0 Å². The van der Waals surface area contributed by atoms with E-state index in [1.165, 1.54) is 24.3 Å². The maximum atomic E-state index is 12.9. The highest BCUT2D eigenvalue weighted by molar-refractivity contribution is 7.89. The van der Waals surface area contributed by atoms with E-state index < -0.39 is 27.9 Å². The van der Waals surface area contributed by atoms with E-state index in [4.69, 9.17) is 0 Å². The summed E-state index contributed by atoms with van der Waals surface area (Å²) in [5, 5.41) is 12.6. The van der Waals surface area contributed by atoms with Crippen LogP contribution in [-0.4, -0.2) is 32.5 Å². The second-order valence-electron chi connectivity index (χ2n) is 7.47. The zero-order valence-corrected chi connectivity index (χ0v) is 18.8.